The number of nitrogens with zero attached hydrogens (tertiary/aromatic N) is 2. The lowest BCUT2D eigenvalue weighted by Gasteiger charge is -2.02. The zero-order valence-electron chi connectivity index (χ0n) is 9.54. The normalized spacial score (nSPS) is 10.5. The third-order valence-electron chi connectivity index (χ3n) is 2.39. The molecule has 0 N–H and O–H groups in total. The molecule has 0 bridgehead atoms. The van der Waals surface area contributed by atoms with Gasteiger partial charge >= 0.3 is 10.6 Å². The second kappa shape index (κ2) is 4.58. The molecule has 2 rings (SSSR count). The first-order valence-corrected chi connectivity index (χ1v) is 5.92. The van der Waals surface area contributed by atoms with Gasteiger partial charge in [0.1, 0.15) is 5.75 Å². The maximum absolute atomic E-state index is 11.9. The van der Waals surface area contributed by atoms with Gasteiger partial charge in [0.15, 0.2) is 0 Å². The van der Waals surface area contributed by atoms with Gasteiger partial charge < -0.3 is 4.74 Å². The van der Waals surface area contributed by atoms with Gasteiger partial charge in [-0.15, -0.1) is 0 Å². The van der Waals surface area contributed by atoms with Gasteiger partial charge in [-0.1, -0.05) is 0 Å². The lowest BCUT2D eigenvalue weighted by Crippen LogP contribution is -2.26. The van der Waals surface area contributed by atoms with Crippen molar-refractivity contribution in [1.29, 1.82) is 0 Å². The fraction of sp³-hybridized carbons (Fsp3) is 0.273. The van der Waals surface area contributed by atoms with Crippen LogP contribution in [0.15, 0.2) is 33.9 Å². The molecule has 2 aromatic rings. The van der Waals surface area contributed by atoms with Gasteiger partial charge in [-0.3, -0.25) is 4.79 Å². The Morgan fingerprint density at radius 2 is 1.88 bits per heavy atom. The molecule has 0 saturated heterocycles. The van der Waals surface area contributed by atoms with Gasteiger partial charge in [-0.2, -0.15) is 0 Å². The van der Waals surface area contributed by atoms with E-state index >= 15 is 0 Å². The minimum Gasteiger partial charge on any atom is -0.497 e. The number of hydrogen-bond acceptors (Lipinski definition) is 4. The van der Waals surface area contributed by atoms with Crippen LogP contribution in [0.4, 0.5) is 0 Å². The highest BCUT2D eigenvalue weighted by Gasteiger charge is 2.10. The zero-order chi connectivity index (χ0) is 12.4. The fourth-order valence-corrected chi connectivity index (χ4v) is 2.25. The van der Waals surface area contributed by atoms with E-state index in [4.69, 9.17) is 4.74 Å². The van der Waals surface area contributed by atoms with E-state index in [9.17, 15) is 9.59 Å². The van der Waals surface area contributed by atoms with Crippen LogP contribution in [0.1, 0.15) is 6.92 Å². The maximum Gasteiger partial charge on any atom is 0.345 e. The van der Waals surface area contributed by atoms with E-state index in [1.807, 2.05) is 6.92 Å². The van der Waals surface area contributed by atoms with Crippen molar-refractivity contribution in [2.24, 2.45) is 0 Å². The Balaban J connectivity index is 2.56. The van der Waals surface area contributed by atoms with Crippen LogP contribution in [-0.2, 0) is 6.54 Å². The number of hydrogen-bond donors (Lipinski definition) is 0. The molecule has 0 radical (unpaired) electrons. The van der Waals surface area contributed by atoms with Crippen LogP contribution < -0.4 is 15.3 Å². The van der Waals surface area contributed by atoms with E-state index < -0.39 is 0 Å². The Kier molecular flexibility index (Phi) is 3.14. The summed E-state index contributed by atoms with van der Waals surface area (Å²) >= 11 is 0.926. The average molecular weight is 252 g/mol. The lowest BCUT2D eigenvalue weighted by atomic mass is 10.3. The molecule has 6 heteroatoms. The Bertz CT molecular complexity index is 621. The molecular formula is C11H12N2O3S. The standard InChI is InChI=1S/C11H12N2O3S/c1-3-12-10(14)13(11(15)17-12)8-4-6-9(16-2)7-5-8/h4-7H,3H2,1-2H3. The Morgan fingerprint density at radius 3 is 2.35 bits per heavy atom. The Labute approximate surface area is 102 Å². The second-order valence-corrected chi connectivity index (χ2v) is 4.34. The summed E-state index contributed by atoms with van der Waals surface area (Å²) in [6.45, 7) is 2.33. The van der Waals surface area contributed by atoms with Crippen molar-refractivity contribution in [1.82, 2.24) is 8.52 Å². The largest absolute Gasteiger partial charge is 0.497 e. The molecule has 1 aromatic carbocycles. The molecule has 0 atom stereocenters. The SMILES string of the molecule is CCn1sc(=O)n(-c2ccc(OC)cc2)c1=O. The molecule has 1 aromatic heterocycles. The summed E-state index contributed by atoms with van der Waals surface area (Å²) in [4.78, 5) is 23.3. The highest BCUT2D eigenvalue weighted by Crippen LogP contribution is 2.12. The molecular weight excluding hydrogens is 240 g/mol. The smallest absolute Gasteiger partial charge is 0.345 e. The summed E-state index contributed by atoms with van der Waals surface area (Å²) in [7, 11) is 1.57. The van der Waals surface area contributed by atoms with Gasteiger partial charge in [-0.05, 0) is 31.2 Å². The van der Waals surface area contributed by atoms with Crippen molar-refractivity contribution >= 4 is 11.5 Å². The number of benzene rings is 1. The predicted octanol–water partition coefficient (Wildman–Crippen LogP) is 1.09. The molecule has 17 heavy (non-hydrogen) atoms. The van der Waals surface area contributed by atoms with E-state index in [2.05, 4.69) is 0 Å². The third-order valence-corrected chi connectivity index (χ3v) is 3.37. The van der Waals surface area contributed by atoms with Crippen LogP contribution in [0, 0.1) is 0 Å². The summed E-state index contributed by atoms with van der Waals surface area (Å²) in [5.41, 5.74) is 0.261. The molecule has 0 fully saturated rings. The van der Waals surface area contributed by atoms with Gasteiger partial charge in [-0.25, -0.2) is 13.3 Å². The van der Waals surface area contributed by atoms with Crippen molar-refractivity contribution < 1.29 is 4.74 Å². The van der Waals surface area contributed by atoms with E-state index in [0.717, 1.165) is 16.1 Å². The molecule has 0 aliphatic rings. The average Bonchev–Trinajstić information content (AvgIpc) is 2.64. The summed E-state index contributed by atoms with van der Waals surface area (Å²) in [5.74, 6) is 0.688. The number of aromatic nitrogens is 2. The van der Waals surface area contributed by atoms with Crippen LogP contribution in [0.5, 0.6) is 5.75 Å². The Morgan fingerprint density at radius 1 is 1.24 bits per heavy atom. The second-order valence-electron chi connectivity index (χ2n) is 3.37. The molecule has 0 aliphatic heterocycles. The molecule has 0 spiro atoms. The zero-order valence-corrected chi connectivity index (χ0v) is 10.4. The molecule has 0 unspecified atom stereocenters. The third kappa shape index (κ3) is 2.03. The topological polar surface area (TPSA) is 53.2 Å². The first kappa shape index (κ1) is 11.7. The van der Waals surface area contributed by atoms with E-state index in [1.165, 1.54) is 3.96 Å². The summed E-state index contributed by atoms with van der Waals surface area (Å²) in [6, 6.07) is 6.81. The van der Waals surface area contributed by atoms with Gasteiger partial charge in [0.2, 0.25) is 0 Å². The minimum atomic E-state index is -0.298. The molecule has 5 nitrogen and oxygen atoms in total. The monoisotopic (exact) mass is 252 g/mol. The number of methoxy groups -OCH3 is 1. The van der Waals surface area contributed by atoms with Crippen LogP contribution in [0.2, 0.25) is 0 Å². The molecule has 1 heterocycles. The summed E-state index contributed by atoms with van der Waals surface area (Å²) in [5, 5.41) is 0. The number of rotatable bonds is 3. The Hall–Kier alpha value is -1.82. The van der Waals surface area contributed by atoms with Crippen molar-refractivity contribution in [2.75, 3.05) is 7.11 Å². The fourth-order valence-electron chi connectivity index (χ4n) is 1.51. The maximum atomic E-state index is 11.9. The van der Waals surface area contributed by atoms with E-state index in [1.54, 1.807) is 31.4 Å². The van der Waals surface area contributed by atoms with E-state index in [0.29, 0.717) is 18.0 Å². The molecule has 0 aliphatic carbocycles. The summed E-state index contributed by atoms with van der Waals surface area (Å²) in [6.07, 6.45) is 0. The quantitative estimate of drug-likeness (QED) is 0.821. The van der Waals surface area contributed by atoms with Crippen LogP contribution in [0.3, 0.4) is 0 Å². The van der Waals surface area contributed by atoms with Gasteiger partial charge in [0.25, 0.3) is 0 Å². The van der Waals surface area contributed by atoms with Crippen LogP contribution in [-0.4, -0.2) is 15.6 Å². The number of ether oxygens (including phenoxy) is 1. The molecule has 0 saturated carbocycles. The highest BCUT2D eigenvalue weighted by molar-refractivity contribution is 7.03. The molecule has 90 valence electrons. The van der Waals surface area contributed by atoms with Gasteiger partial charge in [0.05, 0.1) is 12.8 Å². The lowest BCUT2D eigenvalue weighted by molar-refractivity contribution is 0.414. The summed E-state index contributed by atoms with van der Waals surface area (Å²) < 4.78 is 7.61. The van der Waals surface area contributed by atoms with Crippen LogP contribution >= 0.6 is 11.5 Å². The van der Waals surface area contributed by atoms with Crippen molar-refractivity contribution in [3.63, 3.8) is 0 Å². The first-order valence-electron chi connectivity index (χ1n) is 5.15. The van der Waals surface area contributed by atoms with Crippen LogP contribution in [0.25, 0.3) is 5.69 Å². The predicted molar refractivity (Wildman–Crippen MR) is 66.4 cm³/mol. The molecule has 0 amide bonds. The van der Waals surface area contributed by atoms with E-state index in [-0.39, 0.29) is 10.6 Å². The minimum absolute atomic E-state index is 0.276. The van der Waals surface area contributed by atoms with Gasteiger partial charge in [0, 0.05) is 18.1 Å². The highest BCUT2D eigenvalue weighted by atomic mass is 32.1. The van der Waals surface area contributed by atoms with Crippen molar-refractivity contribution in [3.8, 4) is 11.4 Å². The number of aryl methyl sites for hydroxylation is 1. The first-order chi connectivity index (χ1) is 8.17. The van der Waals surface area contributed by atoms with Crippen molar-refractivity contribution in [2.45, 2.75) is 13.5 Å². The van der Waals surface area contributed by atoms with Crippen molar-refractivity contribution in [3.05, 3.63) is 44.4 Å².